The summed E-state index contributed by atoms with van der Waals surface area (Å²) >= 11 is 2.40. The quantitative estimate of drug-likeness (QED) is 0.642. The summed E-state index contributed by atoms with van der Waals surface area (Å²) in [6, 6.07) is 8.68. The summed E-state index contributed by atoms with van der Waals surface area (Å²) in [5.41, 5.74) is 8.68. The lowest BCUT2D eigenvalue weighted by Gasteiger charge is -2.09. The third kappa shape index (κ3) is 2.77. The Balaban J connectivity index is 2.09. The molecule has 2 aromatic rings. The molecule has 0 unspecified atom stereocenters. The predicted octanol–water partition coefficient (Wildman–Crippen LogP) is 3.25. The predicted molar refractivity (Wildman–Crippen MR) is 78.1 cm³/mol. The van der Waals surface area contributed by atoms with Gasteiger partial charge < -0.3 is 10.7 Å². The molecule has 2 nitrogen and oxygen atoms in total. The number of hydrogen-bond donors (Lipinski definition) is 2. The van der Waals surface area contributed by atoms with Crippen LogP contribution in [0.3, 0.4) is 0 Å². The van der Waals surface area contributed by atoms with Crippen LogP contribution < -0.4 is 5.73 Å². The SMILES string of the molecule is N[C@@H](CCCI)Cc1c[nH]c2ccccc12. The number of halogens is 1. The van der Waals surface area contributed by atoms with Gasteiger partial charge >= 0.3 is 0 Å². The minimum atomic E-state index is 0.286. The Morgan fingerprint density at radius 2 is 2.12 bits per heavy atom. The van der Waals surface area contributed by atoms with Crippen molar-refractivity contribution < 1.29 is 0 Å². The molecule has 0 amide bonds. The molecule has 2 rings (SSSR count). The molecule has 86 valence electrons. The summed E-state index contributed by atoms with van der Waals surface area (Å²) in [5.74, 6) is 0. The van der Waals surface area contributed by atoms with E-state index < -0.39 is 0 Å². The van der Waals surface area contributed by atoms with Crippen LogP contribution in [0.2, 0.25) is 0 Å². The van der Waals surface area contributed by atoms with Crippen LogP contribution in [0.1, 0.15) is 18.4 Å². The van der Waals surface area contributed by atoms with Gasteiger partial charge in [0.2, 0.25) is 0 Å². The van der Waals surface area contributed by atoms with E-state index in [1.54, 1.807) is 0 Å². The molecule has 0 aliphatic carbocycles. The summed E-state index contributed by atoms with van der Waals surface area (Å²) in [4.78, 5) is 3.29. The molecule has 1 atom stereocenters. The number of hydrogen-bond acceptors (Lipinski definition) is 1. The van der Waals surface area contributed by atoms with E-state index >= 15 is 0 Å². The summed E-state index contributed by atoms with van der Waals surface area (Å²) in [6.45, 7) is 0. The number of fused-ring (bicyclic) bond motifs is 1. The third-order valence-corrected chi connectivity index (χ3v) is 3.63. The van der Waals surface area contributed by atoms with Gasteiger partial charge in [0.1, 0.15) is 0 Å². The summed E-state index contributed by atoms with van der Waals surface area (Å²) in [5, 5.41) is 1.31. The van der Waals surface area contributed by atoms with Crippen molar-refractivity contribution in [1.29, 1.82) is 0 Å². The molecule has 0 saturated heterocycles. The second-order valence-corrected chi connectivity index (χ2v) is 5.23. The number of alkyl halides is 1. The van der Waals surface area contributed by atoms with Crippen molar-refractivity contribution in [3.8, 4) is 0 Å². The molecule has 0 bridgehead atoms. The van der Waals surface area contributed by atoms with Gasteiger partial charge in [-0.3, -0.25) is 0 Å². The number of aromatic amines is 1. The second-order valence-electron chi connectivity index (χ2n) is 4.15. The number of benzene rings is 1. The molecule has 0 radical (unpaired) electrons. The zero-order valence-corrected chi connectivity index (χ0v) is 11.4. The molecule has 0 spiro atoms. The maximum atomic E-state index is 6.12. The van der Waals surface area contributed by atoms with Crippen molar-refractivity contribution in [2.75, 3.05) is 4.43 Å². The van der Waals surface area contributed by atoms with E-state index in [1.165, 1.54) is 27.3 Å². The van der Waals surface area contributed by atoms with Crippen LogP contribution >= 0.6 is 22.6 Å². The summed E-state index contributed by atoms with van der Waals surface area (Å²) in [7, 11) is 0. The topological polar surface area (TPSA) is 41.8 Å². The van der Waals surface area contributed by atoms with Gasteiger partial charge in [-0.05, 0) is 35.3 Å². The summed E-state index contributed by atoms with van der Waals surface area (Å²) in [6.07, 6.45) is 5.39. The van der Waals surface area contributed by atoms with Gasteiger partial charge in [0, 0.05) is 23.1 Å². The number of aromatic nitrogens is 1. The van der Waals surface area contributed by atoms with E-state index in [4.69, 9.17) is 5.73 Å². The minimum Gasteiger partial charge on any atom is -0.361 e. The minimum absolute atomic E-state index is 0.286. The fourth-order valence-electron chi connectivity index (χ4n) is 2.02. The second kappa shape index (κ2) is 5.68. The van der Waals surface area contributed by atoms with Crippen LogP contribution in [0.15, 0.2) is 30.5 Å². The molecular formula is C13H17IN2. The van der Waals surface area contributed by atoms with Crippen molar-refractivity contribution in [2.45, 2.75) is 25.3 Å². The molecule has 0 fully saturated rings. The maximum absolute atomic E-state index is 6.12. The molecule has 1 aromatic heterocycles. The van der Waals surface area contributed by atoms with E-state index in [9.17, 15) is 0 Å². The first kappa shape index (κ1) is 11.9. The number of H-pyrrole nitrogens is 1. The van der Waals surface area contributed by atoms with Gasteiger partial charge in [-0.25, -0.2) is 0 Å². The highest BCUT2D eigenvalue weighted by molar-refractivity contribution is 14.1. The molecule has 1 aromatic carbocycles. The Labute approximate surface area is 110 Å². The monoisotopic (exact) mass is 328 g/mol. The summed E-state index contributed by atoms with van der Waals surface area (Å²) < 4.78 is 1.19. The highest BCUT2D eigenvalue weighted by Crippen LogP contribution is 2.19. The number of nitrogens with two attached hydrogens (primary N) is 1. The van der Waals surface area contributed by atoms with Crippen LogP contribution in [-0.2, 0) is 6.42 Å². The Bertz CT molecular complexity index is 450. The van der Waals surface area contributed by atoms with E-state index in [2.05, 4.69) is 58.0 Å². The lowest BCUT2D eigenvalue weighted by Crippen LogP contribution is -2.22. The number of rotatable bonds is 5. The van der Waals surface area contributed by atoms with E-state index in [0.717, 1.165) is 12.8 Å². The van der Waals surface area contributed by atoms with Crippen molar-refractivity contribution in [1.82, 2.24) is 4.98 Å². The van der Waals surface area contributed by atoms with E-state index in [1.807, 2.05) is 0 Å². The third-order valence-electron chi connectivity index (χ3n) is 2.87. The first-order chi connectivity index (χ1) is 7.81. The van der Waals surface area contributed by atoms with E-state index in [0.29, 0.717) is 0 Å². The van der Waals surface area contributed by atoms with Crippen LogP contribution in [0.4, 0.5) is 0 Å². The van der Waals surface area contributed by atoms with Crippen LogP contribution in [0.5, 0.6) is 0 Å². The fourth-order valence-corrected chi connectivity index (χ4v) is 2.46. The van der Waals surface area contributed by atoms with Crippen molar-refractivity contribution in [2.24, 2.45) is 5.73 Å². The van der Waals surface area contributed by atoms with Gasteiger partial charge in [-0.15, -0.1) is 0 Å². The normalized spacial score (nSPS) is 13.1. The number of para-hydroxylation sites is 1. The molecule has 0 saturated carbocycles. The lowest BCUT2D eigenvalue weighted by atomic mass is 10.0. The molecule has 0 aliphatic rings. The Morgan fingerprint density at radius 3 is 2.94 bits per heavy atom. The zero-order valence-electron chi connectivity index (χ0n) is 9.25. The first-order valence-electron chi connectivity index (χ1n) is 5.68. The molecule has 0 aliphatic heterocycles. The Hall–Kier alpha value is -0.550. The van der Waals surface area contributed by atoms with Gasteiger partial charge in [0.05, 0.1) is 0 Å². The Kier molecular flexibility index (Phi) is 4.23. The molecule has 1 heterocycles. The average molecular weight is 328 g/mol. The average Bonchev–Trinajstić information content (AvgIpc) is 2.70. The standard InChI is InChI=1S/C13H17IN2/c14-7-3-4-11(15)8-10-9-16-13-6-2-1-5-12(10)13/h1-2,5-6,9,11,16H,3-4,7-8,15H2/t11-/m0/s1. The van der Waals surface area contributed by atoms with Gasteiger partial charge in [-0.1, -0.05) is 40.8 Å². The van der Waals surface area contributed by atoms with E-state index in [-0.39, 0.29) is 6.04 Å². The number of nitrogens with one attached hydrogen (secondary N) is 1. The molecule has 16 heavy (non-hydrogen) atoms. The van der Waals surface area contributed by atoms with Gasteiger partial charge in [0.25, 0.3) is 0 Å². The van der Waals surface area contributed by atoms with Gasteiger partial charge in [-0.2, -0.15) is 0 Å². The first-order valence-corrected chi connectivity index (χ1v) is 7.20. The molecule has 3 N–H and O–H groups in total. The zero-order chi connectivity index (χ0) is 11.4. The molecule has 3 heteroatoms. The molecular weight excluding hydrogens is 311 g/mol. The van der Waals surface area contributed by atoms with Gasteiger partial charge in [0.15, 0.2) is 0 Å². The van der Waals surface area contributed by atoms with Crippen molar-refractivity contribution in [3.63, 3.8) is 0 Å². The lowest BCUT2D eigenvalue weighted by molar-refractivity contribution is 0.607. The largest absolute Gasteiger partial charge is 0.361 e. The highest BCUT2D eigenvalue weighted by atomic mass is 127. The highest BCUT2D eigenvalue weighted by Gasteiger charge is 2.07. The maximum Gasteiger partial charge on any atom is 0.0456 e. The van der Waals surface area contributed by atoms with Crippen molar-refractivity contribution >= 4 is 33.5 Å². The van der Waals surface area contributed by atoms with Crippen molar-refractivity contribution in [3.05, 3.63) is 36.0 Å². The smallest absolute Gasteiger partial charge is 0.0456 e. The van der Waals surface area contributed by atoms with Crippen LogP contribution in [-0.4, -0.2) is 15.5 Å². The van der Waals surface area contributed by atoms with Crippen LogP contribution in [0, 0.1) is 0 Å². The van der Waals surface area contributed by atoms with Crippen LogP contribution in [0.25, 0.3) is 10.9 Å². The fraction of sp³-hybridized carbons (Fsp3) is 0.385. The Morgan fingerprint density at radius 1 is 1.31 bits per heavy atom.